The number of Topliss-reactive ketones (excluding diaryl/α,β-unsaturated/α-hetero) is 1. The van der Waals surface area contributed by atoms with Crippen LogP contribution >= 0.6 is 0 Å². The van der Waals surface area contributed by atoms with Gasteiger partial charge in [-0.1, -0.05) is 18.2 Å². The number of carbonyl (C=O) groups excluding carboxylic acids is 3. The number of hydrogen-bond donors (Lipinski definition) is 1. The SMILES string of the molecule is CN1CC(=O)N(C)c2cccc(c2)Nc2ncc(F)c(n2)Cc2ccc3c(c2)CC(=O)C(C)(O3)C1=O. The zero-order valence-corrected chi connectivity index (χ0v) is 20.0. The van der Waals surface area contributed by atoms with Crippen molar-refractivity contribution in [2.24, 2.45) is 0 Å². The Kier molecular flexibility index (Phi) is 5.66. The summed E-state index contributed by atoms with van der Waals surface area (Å²) < 4.78 is 20.5. The molecule has 10 heteroatoms. The molecular weight excluding hydrogens is 465 g/mol. The van der Waals surface area contributed by atoms with Crippen molar-refractivity contribution in [3.8, 4) is 5.75 Å². The Labute approximate surface area is 206 Å². The number of hydrogen-bond acceptors (Lipinski definition) is 7. The molecule has 0 saturated heterocycles. The van der Waals surface area contributed by atoms with Crippen LogP contribution in [0, 0.1) is 5.82 Å². The molecule has 1 unspecified atom stereocenters. The van der Waals surface area contributed by atoms with Gasteiger partial charge >= 0.3 is 0 Å². The molecular formula is C26H24FN5O4. The van der Waals surface area contributed by atoms with Gasteiger partial charge in [0.15, 0.2) is 11.6 Å². The van der Waals surface area contributed by atoms with Crippen LogP contribution in [0.4, 0.5) is 21.7 Å². The van der Waals surface area contributed by atoms with E-state index in [0.717, 1.165) is 11.8 Å². The molecule has 184 valence electrons. The molecule has 8 bridgehead atoms. The first-order valence-electron chi connectivity index (χ1n) is 11.4. The summed E-state index contributed by atoms with van der Waals surface area (Å²) in [4.78, 5) is 50.4. The predicted molar refractivity (Wildman–Crippen MR) is 130 cm³/mol. The summed E-state index contributed by atoms with van der Waals surface area (Å²) in [5.41, 5.74) is 0.907. The molecule has 1 aromatic heterocycles. The quantitative estimate of drug-likeness (QED) is 0.484. The van der Waals surface area contributed by atoms with Crippen molar-refractivity contribution in [3.63, 3.8) is 0 Å². The number of aromatic nitrogens is 2. The third-order valence-electron chi connectivity index (χ3n) is 6.50. The number of anilines is 3. The normalized spacial score (nSPS) is 19.9. The number of likely N-dealkylation sites (N-methyl/N-ethyl adjacent to an activating group) is 2. The standard InChI is InChI=1S/C26H24FN5O4/c1-26-22(33)11-16-9-15(7-8-21(16)36-26)10-20-19(27)13-28-25(30-20)29-17-5-4-6-18(12-17)32(3)23(34)14-31(2)24(26)35/h4-9,12-13H,10-11,14H2,1-3H3,(H,28,29,30). The smallest absolute Gasteiger partial charge is 0.274 e. The van der Waals surface area contributed by atoms with Crippen LogP contribution in [0.25, 0.3) is 0 Å². The Bertz CT molecular complexity index is 1410. The van der Waals surface area contributed by atoms with Crippen LogP contribution in [0.15, 0.2) is 48.7 Å². The second-order valence-corrected chi connectivity index (χ2v) is 9.13. The van der Waals surface area contributed by atoms with Gasteiger partial charge in [-0.2, -0.15) is 0 Å². The zero-order valence-electron chi connectivity index (χ0n) is 20.0. The summed E-state index contributed by atoms with van der Waals surface area (Å²) in [6.07, 6.45) is 1.24. The van der Waals surface area contributed by atoms with E-state index >= 15 is 0 Å². The number of carbonyl (C=O) groups is 3. The molecule has 7 rings (SSSR count). The van der Waals surface area contributed by atoms with Gasteiger partial charge in [0.25, 0.3) is 5.91 Å². The van der Waals surface area contributed by atoms with Crippen LogP contribution in [0.3, 0.4) is 0 Å². The number of benzene rings is 2. The van der Waals surface area contributed by atoms with Crippen molar-refractivity contribution >= 4 is 34.9 Å². The fraction of sp³-hybridized carbons (Fsp3) is 0.269. The average Bonchev–Trinajstić information content (AvgIpc) is 2.85. The van der Waals surface area contributed by atoms with E-state index in [0.29, 0.717) is 22.7 Å². The van der Waals surface area contributed by atoms with Crippen LogP contribution in [0.2, 0.25) is 0 Å². The number of ketones is 1. The maximum absolute atomic E-state index is 14.6. The molecule has 5 heterocycles. The van der Waals surface area contributed by atoms with Crippen LogP contribution in [0.5, 0.6) is 5.75 Å². The molecule has 36 heavy (non-hydrogen) atoms. The molecule has 0 fully saturated rings. The number of amides is 2. The van der Waals surface area contributed by atoms with E-state index in [2.05, 4.69) is 15.3 Å². The van der Waals surface area contributed by atoms with Crippen LogP contribution in [-0.4, -0.2) is 58.7 Å². The summed E-state index contributed by atoms with van der Waals surface area (Å²) >= 11 is 0. The van der Waals surface area contributed by atoms with E-state index in [4.69, 9.17) is 4.74 Å². The van der Waals surface area contributed by atoms with Gasteiger partial charge in [0.05, 0.1) is 18.4 Å². The fourth-order valence-electron chi connectivity index (χ4n) is 4.35. The van der Waals surface area contributed by atoms with Gasteiger partial charge in [0, 0.05) is 43.9 Å². The van der Waals surface area contributed by atoms with Gasteiger partial charge in [-0.05, 0) is 36.8 Å². The molecule has 2 amide bonds. The predicted octanol–water partition coefficient (Wildman–Crippen LogP) is 2.65. The Morgan fingerprint density at radius 3 is 2.69 bits per heavy atom. The third-order valence-corrected chi connectivity index (χ3v) is 6.50. The maximum Gasteiger partial charge on any atom is 0.274 e. The van der Waals surface area contributed by atoms with Crippen molar-refractivity contribution in [3.05, 3.63) is 71.3 Å². The summed E-state index contributed by atoms with van der Waals surface area (Å²) in [5, 5.41) is 3.05. The Balaban J connectivity index is 1.60. The van der Waals surface area contributed by atoms with Crippen molar-refractivity contribution in [2.45, 2.75) is 25.4 Å². The molecule has 2 aromatic carbocycles. The number of nitrogens with one attached hydrogen (secondary N) is 1. The molecule has 0 radical (unpaired) electrons. The third kappa shape index (κ3) is 4.15. The molecule has 3 aromatic rings. The van der Waals surface area contributed by atoms with Gasteiger partial charge in [-0.15, -0.1) is 0 Å². The van der Waals surface area contributed by atoms with E-state index in [1.54, 1.807) is 49.5 Å². The van der Waals surface area contributed by atoms with Gasteiger partial charge in [0.2, 0.25) is 17.5 Å². The van der Waals surface area contributed by atoms with Crippen molar-refractivity contribution in [1.29, 1.82) is 0 Å². The monoisotopic (exact) mass is 489 g/mol. The summed E-state index contributed by atoms with van der Waals surface area (Å²) in [6, 6.07) is 12.1. The zero-order chi connectivity index (χ0) is 25.6. The number of ether oxygens (including phenoxy) is 1. The lowest BCUT2D eigenvalue weighted by molar-refractivity contribution is -0.156. The van der Waals surface area contributed by atoms with Crippen LogP contribution < -0.4 is 15.0 Å². The highest BCUT2D eigenvalue weighted by Gasteiger charge is 2.48. The van der Waals surface area contributed by atoms with E-state index in [1.807, 2.05) is 0 Å². The largest absolute Gasteiger partial charge is 0.469 e. The fourth-order valence-corrected chi connectivity index (χ4v) is 4.35. The van der Waals surface area contributed by atoms with Crippen molar-refractivity contribution < 1.29 is 23.5 Å². The lowest BCUT2D eigenvalue weighted by atomic mass is 9.89. The van der Waals surface area contributed by atoms with Gasteiger partial charge in [-0.3, -0.25) is 14.4 Å². The molecule has 4 aliphatic rings. The molecule has 9 nitrogen and oxygen atoms in total. The first-order chi connectivity index (χ1) is 17.1. The number of nitrogens with zero attached hydrogens (tertiary/aromatic N) is 4. The lowest BCUT2D eigenvalue weighted by Gasteiger charge is -2.36. The molecule has 4 aliphatic heterocycles. The van der Waals surface area contributed by atoms with Crippen LogP contribution in [0.1, 0.15) is 23.7 Å². The van der Waals surface area contributed by atoms with E-state index in [-0.39, 0.29) is 36.9 Å². The number of halogens is 1. The minimum Gasteiger partial charge on any atom is -0.469 e. The second-order valence-electron chi connectivity index (χ2n) is 9.13. The van der Waals surface area contributed by atoms with E-state index in [1.165, 1.54) is 23.8 Å². The van der Waals surface area contributed by atoms with Crippen molar-refractivity contribution in [1.82, 2.24) is 14.9 Å². The average molecular weight is 490 g/mol. The minimum atomic E-state index is -1.76. The number of fused-ring (bicyclic) bond motifs is 2. The van der Waals surface area contributed by atoms with Crippen LogP contribution in [-0.2, 0) is 27.2 Å². The second kappa shape index (κ2) is 8.71. The first-order valence-corrected chi connectivity index (χ1v) is 11.4. The summed E-state index contributed by atoms with van der Waals surface area (Å²) in [7, 11) is 3.06. The highest BCUT2D eigenvalue weighted by atomic mass is 19.1. The Morgan fingerprint density at radius 1 is 1.08 bits per heavy atom. The van der Waals surface area contributed by atoms with E-state index < -0.39 is 23.1 Å². The van der Waals surface area contributed by atoms with Gasteiger partial charge in [0.1, 0.15) is 5.75 Å². The highest BCUT2D eigenvalue weighted by molar-refractivity contribution is 6.12. The Hall–Kier alpha value is -4.34. The number of rotatable bonds is 0. The molecule has 1 atom stereocenters. The first kappa shape index (κ1) is 23.4. The van der Waals surface area contributed by atoms with Crippen molar-refractivity contribution in [2.75, 3.05) is 30.9 Å². The summed E-state index contributed by atoms with van der Waals surface area (Å²) in [6.45, 7) is 1.17. The Morgan fingerprint density at radius 2 is 1.89 bits per heavy atom. The molecule has 0 saturated carbocycles. The topological polar surface area (TPSA) is 105 Å². The van der Waals surface area contributed by atoms with Gasteiger partial charge in [-0.25, -0.2) is 14.4 Å². The lowest BCUT2D eigenvalue weighted by Crippen LogP contribution is -2.58. The minimum absolute atomic E-state index is 0.0298. The maximum atomic E-state index is 14.6. The van der Waals surface area contributed by atoms with Gasteiger partial charge < -0.3 is 19.9 Å². The molecule has 0 aliphatic carbocycles. The van der Waals surface area contributed by atoms with E-state index in [9.17, 15) is 18.8 Å². The molecule has 1 N–H and O–H groups in total. The highest BCUT2D eigenvalue weighted by Crippen LogP contribution is 2.34. The molecule has 0 spiro atoms. The summed E-state index contributed by atoms with van der Waals surface area (Å²) in [5.74, 6) is -1.35.